The highest BCUT2D eigenvalue weighted by Gasteiger charge is 2.25. The van der Waals surface area contributed by atoms with Crippen molar-refractivity contribution in [3.8, 4) is 16.9 Å². The van der Waals surface area contributed by atoms with Crippen LogP contribution in [0.3, 0.4) is 0 Å². The molecule has 0 bridgehead atoms. The standard InChI is InChI=1S/C46H24ClN3S2/c47-46-48-41-34-18-8-10-20-38(34)52-44(41)45(49-46)50-36-24-26(35-23-25-11-1-2-12-27(25)28-13-3-4-14-29(28)35)21-22-32(36)39-30-15-5-6-16-31(30)43-40(42(39)50)33-17-7-9-19-37(33)51-43/h1-24H. The van der Waals surface area contributed by atoms with Crippen LogP contribution in [0.4, 0.5) is 0 Å². The summed E-state index contributed by atoms with van der Waals surface area (Å²) in [5.41, 5.74) is 5.48. The largest absolute Gasteiger partial charge is 0.292 e. The SMILES string of the molecule is Clc1nc(-n2c3cc(-c4cc5ccccc5c5ccccc45)ccc3c3c4ccccc4c4sc5ccccc5c4c32)c2sc3ccccc3c2n1. The summed E-state index contributed by atoms with van der Waals surface area (Å²) in [5.74, 6) is 0.809. The van der Waals surface area contributed by atoms with Gasteiger partial charge >= 0.3 is 0 Å². The lowest BCUT2D eigenvalue weighted by Crippen LogP contribution is -2.00. The average Bonchev–Trinajstić information content (AvgIpc) is 3.87. The van der Waals surface area contributed by atoms with Crippen LogP contribution in [0.1, 0.15) is 0 Å². The van der Waals surface area contributed by atoms with Crippen LogP contribution in [0.2, 0.25) is 5.28 Å². The third-order valence-corrected chi connectivity index (χ3v) is 13.2. The highest BCUT2D eigenvalue weighted by atomic mass is 35.5. The van der Waals surface area contributed by atoms with Crippen molar-refractivity contribution >= 4 is 129 Å². The molecule has 52 heavy (non-hydrogen) atoms. The lowest BCUT2D eigenvalue weighted by atomic mass is 9.92. The predicted octanol–water partition coefficient (Wildman–Crippen LogP) is 14.1. The number of fused-ring (bicyclic) bond motifs is 16. The molecule has 0 fully saturated rings. The molecule has 0 atom stereocenters. The van der Waals surface area contributed by atoms with Crippen molar-refractivity contribution in [2.24, 2.45) is 0 Å². The topological polar surface area (TPSA) is 30.7 Å². The van der Waals surface area contributed by atoms with Gasteiger partial charge in [-0.15, -0.1) is 22.7 Å². The Morgan fingerprint density at radius 3 is 1.94 bits per heavy atom. The van der Waals surface area contributed by atoms with Crippen LogP contribution >= 0.6 is 34.3 Å². The molecule has 0 radical (unpaired) electrons. The van der Waals surface area contributed by atoms with E-state index in [2.05, 4.69) is 150 Å². The molecule has 0 spiro atoms. The summed E-state index contributed by atoms with van der Waals surface area (Å²) in [5, 5.41) is 13.7. The van der Waals surface area contributed by atoms with Gasteiger partial charge in [-0.2, -0.15) is 4.98 Å². The minimum Gasteiger partial charge on any atom is -0.292 e. The van der Waals surface area contributed by atoms with E-state index in [1.807, 2.05) is 11.3 Å². The number of nitrogens with zero attached hydrogens (tertiary/aromatic N) is 3. The molecule has 12 aromatic rings. The number of halogens is 1. The highest BCUT2D eigenvalue weighted by Crippen LogP contribution is 2.50. The van der Waals surface area contributed by atoms with E-state index in [1.165, 1.54) is 68.8 Å². The summed E-state index contributed by atoms with van der Waals surface area (Å²) in [6.45, 7) is 0. The zero-order valence-corrected chi connectivity index (χ0v) is 29.8. The van der Waals surface area contributed by atoms with Crippen LogP contribution in [0.5, 0.6) is 0 Å². The maximum atomic E-state index is 6.91. The van der Waals surface area contributed by atoms with E-state index >= 15 is 0 Å². The maximum Gasteiger partial charge on any atom is 0.225 e. The van der Waals surface area contributed by atoms with E-state index in [0.29, 0.717) is 0 Å². The van der Waals surface area contributed by atoms with Gasteiger partial charge in [-0.1, -0.05) is 121 Å². The van der Waals surface area contributed by atoms with Gasteiger partial charge in [0.25, 0.3) is 0 Å². The van der Waals surface area contributed by atoms with E-state index in [0.717, 1.165) is 42.7 Å². The van der Waals surface area contributed by atoms with Crippen LogP contribution in [0.15, 0.2) is 146 Å². The molecule has 0 amide bonds. The Kier molecular flexibility index (Phi) is 5.87. The van der Waals surface area contributed by atoms with Crippen LogP contribution in [0.25, 0.3) is 112 Å². The van der Waals surface area contributed by atoms with Crippen molar-refractivity contribution in [3.63, 3.8) is 0 Å². The summed E-state index contributed by atoms with van der Waals surface area (Å²) < 4.78 is 7.13. The fraction of sp³-hybridized carbons (Fsp3) is 0. The number of rotatable bonds is 2. The first-order valence-electron chi connectivity index (χ1n) is 17.3. The molecule has 12 rings (SSSR count). The lowest BCUT2D eigenvalue weighted by Gasteiger charge is -2.13. The number of hydrogen-bond acceptors (Lipinski definition) is 4. The molecule has 0 unspecified atom stereocenters. The van der Waals surface area contributed by atoms with E-state index < -0.39 is 0 Å². The number of benzene rings is 8. The lowest BCUT2D eigenvalue weighted by molar-refractivity contribution is 1.08. The number of hydrogen-bond donors (Lipinski definition) is 0. The molecule has 0 aliphatic heterocycles. The first-order valence-corrected chi connectivity index (χ1v) is 19.3. The first-order chi connectivity index (χ1) is 25.7. The average molecular weight is 718 g/mol. The summed E-state index contributed by atoms with van der Waals surface area (Å²) in [6.07, 6.45) is 0. The molecule has 4 aromatic heterocycles. The minimum absolute atomic E-state index is 0.241. The normalized spacial score (nSPS) is 12.3. The number of aromatic nitrogens is 3. The van der Waals surface area contributed by atoms with Gasteiger partial charge in [0.15, 0.2) is 5.82 Å². The third-order valence-electron chi connectivity index (χ3n) is 10.7. The van der Waals surface area contributed by atoms with Gasteiger partial charge in [-0.25, -0.2) is 4.98 Å². The predicted molar refractivity (Wildman–Crippen MR) is 225 cm³/mol. The number of thiophene rings is 2. The molecule has 3 nitrogen and oxygen atoms in total. The van der Waals surface area contributed by atoms with E-state index in [4.69, 9.17) is 21.6 Å². The molecular formula is C46H24ClN3S2. The molecule has 0 saturated carbocycles. The first kappa shape index (κ1) is 28.8. The zero-order chi connectivity index (χ0) is 34.1. The van der Waals surface area contributed by atoms with Crippen LogP contribution in [-0.4, -0.2) is 14.5 Å². The van der Waals surface area contributed by atoms with Crippen LogP contribution in [-0.2, 0) is 0 Å². The third kappa shape index (κ3) is 3.85. The van der Waals surface area contributed by atoms with E-state index in [1.54, 1.807) is 11.3 Å². The van der Waals surface area contributed by atoms with Crippen molar-refractivity contribution in [1.82, 2.24) is 14.5 Å². The second-order valence-corrected chi connectivity index (χ2v) is 15.9. The van der Waals surface area contributed by atoms with Gasteiger partial charge in [0, 0.05) is 46.4 Å². The molecule has 0 aliphatic rings. The minimum atomic E-state index is 0.241. The second kappa shape index (κ2) is 10.6. The Morgan fingerprint density at radius 2 is 1.12 bits per heavy atom. The van der Waals surface area contributed by atoms with Crippen molar-refractivity contribution in [1.29, 1.82) is 0 Å². The summed E-state index contributed by atoms with van der Waals surface area (Å²) >= 11 is 10.5. The monoisotopic (exact) mass is 717 g/mol. The Bertz CT molecular complexity index is 3500. The fourth-order valence-corrected chi connectivity index (χ4v) is 11.1. The summed E-state index contributed by atoms with van der Waals surface area (Å²) in [4.78, 5) is 9.94. The maximum absolute atomic E-state index is 6.91. The van der Waals surface area contributed by atoms with Crippen molar-refractivity contribution < 1.29 is 0 Å². The summed E-state index contributed by atoms with van der Waals surface area (Å²) in [6, 6.07) is 52.9. The Balaban J connectivity index is 1.33. The quantitative estimate of drug-likeness (QED) is 0.132. The highest BCUT2D eigenvalue weighted by molar-refractivity contribution is 7.27. The van der Waals surface area contributed by atoms with Gasteiger partial charge in [-0.05, 0) is 73.9 Å². The fourth-order valence-electron chi connectivity index (χ4n) is 8.55. The van der Waals surface area contributed by atoms with Crippen molar-refractivity contribution in [2.75, 3.05) is 0 Å². The van der Waals surface area contributed by atoms with E-state index in [-0.39, 0.29) is 5.28 Å². The van der Waals surface area contributed by atoms with Crippen molar-refractivity contribution in [2.45, 2.75) is 0 Å². The Labute approximate surface area is 309 Å². The molecule has 8 aromatic carbocycles. The Morgan fingerprint density at radius 1 is 0.481 bits per heavy atom. The molecular weight excluding hydrogens is 694 g/mol. The van der Waals surface area contributed by atoms with Crippen LogP contribution in [0, 0.1) is 0 Å². The van der Waals surface area contributed by atoms with E-state index in [9.17, 15) is 0 Å². The summed E-state index contributed by atoms with van der Waals surface area (Å²) in [7, 11) is 0. The van der Waals surface area contributed by atoms with Crippen LogP contribution < -0.4 is 0 Å². The molecule has 4 heterocycles. The molecule has 0 N–H and O–H groups in total. The molecule has 0 saturated heterocycles. The smallest absolute Gasteiger partial charge is 0.225 e. The van der Waals surface area contributed by atoms with Crippen molar-refractivity contribution in [3.05, 3.63) is 151 Å². The molecule has 242 valence electrons. The zero-order valence-electron chi connectivity index (χ0n) is 27.4. The van der Waals surface area contributed by atoms with Gasteiger partial charge in [0.2, 0.25) is 5.28 Å². The van der Waals surface area contributed by atoms with Gasteiger partial charge in [0.05, 0.1) is 21.3 Å². The van der Waals surface area contributed by atoms with Gasteiger partial charge in [-0.3, -0.25) is 4.57 Å². The van der Waals surface area contributed by atoms with Gasteiger partial charge < -0.3 is 0 Å². The molecule has 0 aliphatic carbocycles. The molecule has 6 heteroatoms. The Hall–Kier alpha value is -5.85. The van der Waals surface area contributed by atoms with Gasteiger partial charge in [0.1, 0.15) is 0 Å². The second-order valence-electron chi connectivity index (χ2n) is 13.4.